The van der Waals surface area contributed by atoms with Crippen LogP contribution in [0.2, 0.25) is 5.02 Å². The highest BCUT2D eigenvalue weighted by Crippen LogP contribution is 2.31. The van der Waals surface area contributed by atoms with Crippen molar-refractivity contribution in [3.63, 3.8) is 0 Å². The van der Waals surface area contributed by atoms with Gasteiger partial charge in [-0.15, -0.1) is 0 Å². The van der Waals surface area contributed by atoms with Gasteiger partial charge in [0.25, 0.3) is 5.91 Å². The minimum atomic E-state index is -4.88. The molecule has 0 bridgehead atoms. The molecule has 160 valence electrons. The summed E-state index contributed by atoms with van der Waals surface area (Å²) in [5, 5.41) is 3.27. The lowest BCUT2D eigenvalue weighted by molar-refractivity contribution is -0.185. The van der Waals surface area contributed by atoms with Crippen LogP contribution in [0.1, 0.15) is 10.4 Å². The fraction of sp³-hybridized carbons (Fsp3) is 0.263. The number of carbonyl (C=O) groups is 2. The third-order valence-corrected chi connectivity index (χ3v) is 6.38. The molecule has 0 saturated carbocycles. The van der Waals surface area contributed by atoms with E-state index in [1.807, 2.05) is 17.0 Å². The summed E-state index contributed by atoms with van der Waals surface area (Å²) in [6, 6.07) is 10.5. The van der Waals surface area contributed by atoms with Crippen molar-refractivity contribution >= 4 is 80.0 Å². The maximum atomic E-state index is 12.8. The fourth-order valence-electron chi connectivity index (χ4n) is 3.08. The van der Waals surface area contributed by atoms with E-state index in [2.05, 4.69) is 50.5 Å². The van der Waals surface area contributed by atoms with Gasteiger partial charge >= 0.3 is 12.1 Å². The molecular weight excluding hydrogens is 648 g/mol. The van der Waals surface area contributed by atoms with E-state index in [1.54, 1.807) is 24.3 Å². The van der Waals surface area contributed by atoms with Gasteiger partial charge in [0.15, 0.2) is 0 Å². The average Bonchev–Trinajstić information content (AvgIpc) is 2.69. The summed E-state index contributed by atoms with van der Waals surface area (Å²) in [5.74, 6) is -2.15. The largest absolute Gasteiger partial charge is 0.471 e. The molecule has 0 radical (unpaired) electrons. The van der Waals surface area contributed by atoms with Crippen molar-refractivity contribution in [1.29, 1.82) is 0 Å². The van der Waals surface area contributed by atoms with Crippen LogP contribution in [-0.2, 0) is 4.79 Å². The lowest BCUT2D eigenvalue weighted by Gasteiger charge is -2.37. The van der Waals surface area contributed by atoms with E-state index >= 15 is 0 Å². The number of piperazine rings is 1. The van der Waals surface area contributed by atoms with Crippen molar-refractivity contribution in [1.82, 2.24) is 4.90 Å². The van der Waals surface area contributed by atoms with Crippen LogP contribution in [0.4, 0.5) is 24.5 Å². The molecule has 1 saturated heterocycles. The van der Waals surface area contributed by atoms with E-state index in [0.717, 1.165) is 12.0 Å². The number of rotatable bonds is 3. The molecule has 5 nitrogen and oxygen atoms in total. The molecule has 1 aliphatic heterocycles. The molecule has 2 aromatic carbocycles. The van der Waals surface area contributed by atoms with Gasteiger partial charge in [-0.2, -0.15) is 13.2 Å². The zero-order valence-corrected chi connectivity index (χ0v) is 20.3. The first kappa shape index (κ1) is 23.4. The van der Waals surface area contributed by atoms with Crippen LogP contribution in [0.15, 0.2) is 36.4 Å². The first-order chi connectivity index (χ1) is 14.1. The van der Waals surface area contributed by atoms with Crippen LogP contribution in [0, 0.1) is 7.14 Å². The molecule has 1 aliphatic rings. The van der Waals surface area contributed by atoms with Crippen molar-refractivity contribution in [2.45, 2.75) is 6.18 Å². The highest BCUT2D eigenvalue weighted by Gasteiger charge is 2.43. The Morgan fingerprint density at radius 2 is 1.67 bits per heavy atom. The van der Waals surface area contributed by atoms with Gasteiger partial charge in [0.2, 0.25) is 0 Å². The normalized spacial score (nSPS) is 14.6. The number of halogens is 6. The summed E-state index contributed by atoms with van der Waals surface area (Å²) in [6.45, 7) is 0.270. The summed E-state index contributed by atoms with van der Waals surface area (Å²) >= 11 is 10.3. The van der Waals surface area contributed by atoms with Crippen LogP contribution in [-0.4, -0.2) is 49.1 Å². The SMILES string of the molecule is O=C(Nc1cc(Cl)ccc1N1CCN(C(=O)C(F)(F)F)CC1)c1cc(I)ccc1I. The van der Waals surface area contributed by atoms with E-state index in [0.29, 0.717) is 22.0 Å². The Bertz CT molecular complexity index is 980. The number of hydrogen-bond acceptors (Lipinski definition) is 3. The van der Waals surface area contributed by atoms with Crippen LogP contribution in [0.3, 0.4) is 0 Å². The Balaban J connectivity index is 1.79. The predicted molar refractivity (Wildman–Crippen MR) is 126 cm³/mol. The molecule has 3 rings (SSSR count). The Hall–Kier alpha value is -1.28. The van der Waals surface area contributed by atoms with Crippen LogP contribution < -0.4 is 10.2 Å². The number of nitrogens with zero attached hydrogens (tertiary/aromatic N) is 2. The number of alkyl halides is 3. The van der Waals surface area contributed by atoms with Crippen molar-refractivity contribution in [2.24, 2.45) is 0 Å². The van der Waals surface area contributed by atoms with Gasteiger partial charge in [-0.1, -0.05) is 11.6 Å². The fourth-order valence-corrected chi connectivity index (χ4v) is 4.32. The Morgan fingerprint density at radius 1 is 1.00 bits per heavy atom. The van der Waals surface area contributed by atoms with E-state index in [9.17, 15) is 22.8 Å². The smallest absolute Gasteiger partial charge is 0.366 e. The molecule has 0 atom stereocenters. The highest BCUT2D eigenvalue weighted by atomic mass is 127. The van der Waals surface area contributed by atoms with Gasteiger partial charge in [0.05, 0.1) is 16.9 Å². The molecule has 1 heterocycles. The first-order valence-corrected chi connectivity index (χ1v) is 11.3. The van der Waals surface area contributed by atoms with Crippen molar-refractivity contribution in [3.05, 3.63) is 54.1 Å². The Kier molecular flexibility index (Phi) is 7.38. The number of carbonyl (C=O) groups excluding carboxylic acids is 2. The lowest BCUT2D eigenvalue weighted by atomic mass is 10.1. The molecule has 1 fully saturated rings. The number of anilines is 2. The third kappa shape index (κ3) is 5.49. The van der Waals surface area contributed by atoms with E-state index in [-0.39, 0.29) is 32.1 Å². The van der Waals surface area contributed by atoms with E-state index in [4.69, 9.17) is 11.6 Å². The van der Waals surface area contributed by atoms with Gasteiger partial charge in [-0.3, -0.25) is 9.59 Å². The summed E-state index contributed by atoms with van der Waals surface area (Å²) in [6.07, 6.45) is -4.88. The molecular formula is C19H15ClF3I2N3O2. The second kappa shape index (κ2) is 9.47. The minimum absolute atomic E-state index is 0.0663. The maximum absolute atomic E-state index is 12.8. The Labute approximate surface area is 203 Å². The number of hydrogen-bond donors (Lipinski definition) is 1. The lowest BCUT2D eigenvalue weighted by Crippen LogP contribution is -2.52. The van der Waals surface area contributed by atoms with Crippen molar-refractivity contribution in [3.8, 4) is 0 Å². The van der Waals surface area contributed by atoms with Crippen molar-refractivity contribution in [2.75, 3.05) is 36.4 Å². The Morgan fingerprint density at radius 3 is 2.30 bits per heavy atom. The molecule has 0 aliphatic carbocycles. The zero-order valence-electron chi connectivity index (χ0n) is 15.3. The third-order valence-electron chi connectivity index (χ3n) is 4.53. The van der Waals surface area contributed by atoms with Gasteiger partial charge in [0.1, 0.15) is 0 Å². The molecule has 0 aromatic heterocycles. The van der Waals surface area contributed by atoms with Crippen LogP contribution >= 0.6 is 56.8 Å². The molecule has 2 aromatic rings. The van der Waals surface area contributed by atoms with Crippen LogP contribution in [0.5, 0.6) is 0 Å². The summed E-state index contributed by atoms with van der Waals surface area (Å²) in [5.41, 5.74) is 1.60. The first-order valence-electron chi connectivity index (χ1n) is 8.73. The predicted octanol–water partition coefficient (Wildman–Crippen LogP) is 5.01. The number of benzene rings is 2. The molecule has 0 spiro atoms. The quantitative estimate of drug-likeness (QED) is 0.470. The van der Waals surface area contributed by atoms with E-state index in [1.165, 1.54) is 0 Å². The zero-order chi connectivity index (χ0) is 22.1. The standard InChI is InChI=1S/C19H15ClF3I2N3O2/c20-11-1-4-16(27-5-7-28(8-6-27)18(30)19(21,22)23)15(9-11)26-17(29)13-10-12(24)2-3-14(13)25/h1-4,9-10H,5-8H2,(H,26,29). The van der Waals surface area contributed by atoms with Crippen molar-refractivity contribution < 1.29 is 22.8 Å². The summed E-state index contributed by atoms with van der Waals surface area (Å²) < 4.78 is 39.7. The van der Waals surface area contributed by atoms with Gasteiger partial charge in [-0.05, 0) is 81.6 Å². The van der Waals surface area contributed by atoms with Gasteiger partial charge < -0.3 is 15.1 Å². The van der Waals surface area contributed by atoms with Gasteiger partial charge in [0, 0.05) is 38.3 Å². The minimum Gasteiger partial charge on any atom is -0.366 e. The number of amides is 2. The molecule has 2 amide bonds. The molecule has 11 heteroatoms. The number of nitrogens with one attached hydrogen (secondary N) is 1. The topological polar surface area (TPSA) is 52.7 Å². The highest BCUT2D eigenvalue weighted by molar-refractivity contribution is 14.1. The average molecular weight is 664 g/mol. The maximum Gasteiger partial charge on any atom is 0.471 e. The molecule has 1 N–H and O–H groups in total. The molecule has 0 unspecified atom stereocenters. The summed E-state index contributed by atoms with van der Waals surface area (Å²) in [7, 11) is 0. The van der Waals surface area contributed by atoms with Gasteiger partial charge in [-0.25, -0.2) is 0 Å². The van der Waals surface area contributed by atoms with E-state index < -0.39 is 12.1 Å². The second-order valence-electron chi connectivity index (χ2n) is 6.52. The summed E-state index contributed by atoms with van der Waals surface area (Å²) in [4.78, 5) is 26.9. The molecule has 30 heavy (non-hydrogen) atoms. The monoisotopic (exact) mass is 663 g/mol. The van der Waals surface area contributed by atoms with Crippen LogP contribution in [0.25, 0.3) is 0 Å². The second-order valence-corrected chi connectivity index (χ2v) is 9.36.